The van der Waals surface area contributed by atoms with E-state index in [9.17, 15) is 13.2 Å². The lowest BCUT2D eigenvalue weighted by Gasteiger charge is -2.43. The first-order valence-electron chi connectivity index (χ1n) is 7.82. The van der Waals surface area contributed by atoms with Crippen molar-refractivity contribution in [2.75, 3.05) is 25.5 Å². The van der Waals surface area contributed by atoms with E-state index in [4.69, 9.17) is 4.55 Å². The third-order valence-electron chi connectivity index (χ3n) is 4.01. The van der Waals surface area contributed by atoms with Crippen LogP contribution in [0.5, 0.6) is 0 Å². The molecule has 0 radical (unpaired) electrons. The molecule has 7 heteroatoms. The average Bonchev–Trinajstić information content (AvgIpc) is 2.41. The van der Waals surface area contributed by atoms with E-state index in [1.165, 1.54) is 0 Å². The van der Waals surface area contributed by atoms with Crippen molar-refractivity contribution in [1.82, 2.24) is 5.32 Å². The van der Waals surface area contributed by atoms with E-state index in [1.807, 2.05) is 6.92 Å². The molecule has 1 unspecified atom stereocenters. The summed E-state index contributed by atoms with van der Waals surface area (Å²) in [6.07, 6.45) is 2.22. The molecule has 0 saturated heterocycles. The molecule has 0 aliphatic heterocycles. The third kappa shape index (κ3) is 7.38. The van der Waals surface area contributed by atoms with Gasteiger partial charge in [0.1, 0.15) is 0 Å². The molecule has 1 amide bonds. The highest BCUT2D eigenvalue weighted by atomic mass is 32.2. The molecule has 0 aromatic carbocycles. The fourth-order valence-electron chi connectivity index (χ4n) is 2.73. The van der Waals surface area contributed by atoms with Gasteiger partial charge >= 0.3 is 0 Å². The maximum atomic E-state index is 11.8. The van der Waals surface area contributed by atoms with Gasteiger partial charge in [0.25, 0.3) is 16.0 Å². The molecule has 0 spiro atoms. The lowest BCUT2D eigenvalue weighted by Crippen LogP contribution is -2.60. The lowest BCUT2D eigenvalue weighted by atomic mass is 10.1. The summed E-state index contributed by atoms with van der Waals surface area (Å²) in [4.78, 5) is 11.8. The van der Waals surface area contributed by atoms with E-state index < -0.39 is 10.1 Å². The van der Waals surface area contributed by atoms with E-state index in [1.54, 1.807) is 6.92 Å². The molecule has 0 aromatic heterocycles. The normalized spacial score (nSPS) is 13.7. The number of nitrogens with zero attached hydrogens (tertiary/aromatic N) is 1. The standard InChI is InChI=1S/C15H30N2O4S/c1-6-9-17(10-7-2,12-16-15(18)13(3)4)14(5)8-11-22(19,20)21/h14H,3,6-12H2,1-2,4-5H3,(H-,16,18,19,20,21)/p+1. The maximum absolute atomic E-state index is 11.8. The summed E-state index contributed by atoms with van der Waals surface area (Å²) in [6, 6.07) is 0.0206. The molecule has 0 aliphatic carbocycles. The van der Waals surface area contributed by atoms with Crippen molar-refractivity contribution in [1.29, 1.82) is 0 Å². The van der Waals surface area contributed by atoms with Gasteiger partial charge in [0.2, 0.25) is 0 Å². The summed E-state index contributed by atoms with van der Waals surface area (Å²) in [7, 11) is -3.97. The largest absolute Gasteiger partial charge is 0.305 e. The van der Waals surface area contributed by atoms with Crippen molar-refractivity contribution in [2.24, 2.45) is 0 Å². The van der Waals surface area contributed by atoms with Crippen LogP contribution in [0, 0.1) is 0 Å². The Hall–Kier alpha value is -0.920. The predicted octanol–water partition coefficient (Wildman–Crippen LogP) is 1.94. The zero-order chi connectivity index (χ0) is 17.4. The van der Waals surface area contributed by atoms with Crippen molar-refractivity contribution in [3.63, 3.8) is 0 Å². The number of carbonyl (C=O) groups is 1. The van der Waals surface area contributed by atoms with Gasteiger partial charge in [-0.1, -0.05) is 20.4 Å². The van der Waals surface area contributed by atoms with Crippen LogP contribution in [0.2, 0.25) is 0 Å². The minimum Gasteiger partial charge on any atom is -0.305 e. The van der Waals surface area contributed by atoms with Crippen LogP contribution >= 0.6 is 0 Å². The van der Waals surface area contributed by atoms with Gasteiger partial charge in [0.15, 0.2) is 6.67 Å². The van der Waals surface area contributed by atoms with Gasteiger partial charge in [0.05, 0.1) is 24.9 Å². The van der Waals surface area contributed by atoms with Crippen molar-refractivity contribution in [2.45, 2.75) is 53.0 Å². The van der Waals surface area contributed by atoms with Crippen molar-refractivity contribution in [3.8, 4) is 0 Å². The van der Waals surface area contributed by atoms with Gasteiger partial charge in [-0.3, -0.25) is 9.35 Å². The molecule has 0 bridgehead atoms. The quantitative estimate of drug-likeness (QED) is 0.262. The van der Waals surface area contributed by atoms with E-state index in [-0.39, 0.29) is 17.7 Å². The third-order valence-corrected chi connectivity index (χ3v) is 4.76. The fraction of sp³-hybridized carbons (Fsp3) is 0.800. The molecule has 0 aromatic rings. The number of nitrogens with one attached hydrogen (secondary N) is 1. The Morgan fingerprint density at radius 3 is 2.14 bits per heavy atom. The molecule has 0 rings (SSSR count). The first-order valence-corrected chi connectivity index (χ1v) is 9.43. The number of quaternary nitrogens is 1. The number of hydrogen-bond acceptors (Lipinski definition) is 3. The van der Waals surface area contributed by atoms with E-state index in [2.05, 4.69) is 25.7 Å². The monoisotopic (exact) mass is 335 g/mol. The van der Waals surface area contributed by atoms with Gasteiger partial charge in [-0.2, -0.15) is 8.42 Å². The molecule has 6 nitrogen and oxygen atoms in total. The van der Waals surface area contributed by atoms with Crippen LogP contribution < -0.4 is 5.32 Å². The van der Waals surface area contributed by atoms with Crippen LogP contribution in [0.15, 0.2) is 12.2 Å². The number of hydrogen-bond donors (Lipinski definition) is 2. The zero-order valence-corrected chi connectivity index (χ0v) is 15.1. The molecule has 0 saturated carbocycles. The molecular weight excluding hydrogens is 304 g/mol. The van der Waals surface area contributed by atoms with Crippen LogP contribution in [0.4, 0.5) is 0 Å². The molecular formula is C15H31N2O4S+. The Kier molecular flexibility index (Phi) is 8.88. The minimum atomic E-state index is -3.97. The van der Waals surface area contributed by atoms with Crippen LogP contribution in [-0.4, -0.2) is 54.9 Å². The van der Waals surface area contributed by atoms with Gasteiger partial charge in [-0.25, -0.2) is 0 Å². The van der Waals surface area contributed by atoms with Gasteiger partial charge < -0.3 is 9.80 Å². The zero-order valence-electron chi connectivity index (χ0n) is 14.3. The van der Waals surface area contributed by atoms with Gasteiger partial charge in [0, 0.05) is 12.0 Å². The molecule has 0 fully saturated rings. The Bertz CT molecular complexity index is 468. The van der Waals surface area contributed by atoms with Crippen LogP contribution in [-0.2, 0) is 14.9 Å². The van der Waals surface area contributed by atoms with Gasteiger partial charge in [-0.05, 0) is 26.7 Å². The highest BCUT2D eigenvalue weighted by Crippen LogP contribution is 2.19. The maximum Gasteiger partial charge on any atom is 0.265 e. The van der Waals surface area contributed by atoms with Crippen molar-refractivity contribution in [3.05, 3.63) is 12.2 Å². The molecule has 0 aliphatic rings. The second-order valence-electron chi connectivity index (χ2n) is 6.03. The Morgan fingerprint density at radius 1 is 1.27 bits per heavy atom. The summed E-state index contributed by atoms with van der Waals surface area (Å²) in [6.45, 7) is 13.5. The van der Waals surface area contributed by atoms with E-state index in [0.717, 1.165) is 25.9 Å². The lowest BCUT2D eigenvalue weighted by molar-refractivity contribution is -0.951. The molecule has 130 valence electrons. The average molecular weight is 335 g/mol. The number of carbonyl (C=O) groups excluding carboxylic acids is 1. The Balaban J connectivity index is 5.11. The van der Waals surface area contributed by atoms with Crippen molar-refractivity contribution >= 4 is 16.0 Å². The summed E-state index contributed by atoms with van der Waals surface area (Å²) >= 11 is 0. The van der Waals surface area contributed by atoms with Crippen LogP contribution in [0.3, 0.4) is 0 Å². The molecule has 0 heterocycles. The summed E-state index contributed by atoms with van der Waals surface area (Å²) < 4.78 is 31.6. The SMILES string of the molecule is C=C(C)C(=O)NC[N+](CCC)(CCC)C(C)CCS(=O)(=O)O. The first-order chi connectivity index (χ1) is 10.1. The second-order valence-corrected chi connectivity index (χ2v) is 7.61. The summed E-state index contributed by atoms with van der Waals surface area (Å²) in [5, 5.41) is 2.89. The fourth-order valence-corrected chi connectivity index (χ4v) is 3.37. The van der Waals surface area contributed by atoms with Crippen LogP contribution in [0.1, 0.15) is 47.0 Å². The highest BCUT2D eigenvalue weighted by molar-refractivity contribution is 7.85. The molecule has 22 heavy (non-hydrogen) atoms. The number of rotatable bonds is 11. The Morgan fingerprint density at radius 2 is 1.77 bits per heavy atom. The highest BCUT2D eigenvalue weighted by Gasteiger charge is 2.33. The summed E-state index contributed by atoms with van der Waals surface area (Å²) in [5.41, 5.74) is 0.455. The smallest absolute Gasteiger partial charge is 0.265 e. The summed E-state index contributed by atoms with van der Waals surface area (Å²) in [5.74, 6) is -0.438. The number of amides is 1. The van der Waals surface area contributed by atoms with Crippen molar-refractivity contribution < 1.29 is 22.2 Å². The van der Waals surface area contributed by atoms with E-state index in [0.29, 0.717) is 23.1 Å². The molecule has 2 N–H and O–H groups in total. The second kappa shape index (κ2) is 9.27. The molecule has 1 atom stereocenters. The minimum absolute atomic E-state index is 0.0206. The first kappa shape index (κ1) is 21.1. The predicted molar refractivity (Wildman–Crippen MR) is 88.9 cm³/mol. The van der Waals surface area contributed by atoms with E-state index >= 15 is 0 Å². The topological polar surface area (TPSA) is 83.5 Å². The van der Waals surface area contributed by atoms with Gasteiger partial charge in [-0.15, -0.1) is 0 Å². The Labute approximate surface area is 134 Å². The van der Waals surface area contributed by atoms with Crippen LogP contribution in [0.25, 0.3) is 0 Å².